The van der Waals surface area contributed by atoms with Crippen molar-refractivity contribution in [3.63, 3.8) is 0 Å². The van der Waals surface area contributed by atoms with Crippen LogP contribution in [-0.4, -0.2) is 15.0 Å². The van der Waals surface area contributed by atoms with Crippen LogP contribution in [-0.2, 0) is 0 Å². The maximum absolute atomic E-state index is 6.24. The maximum atomic E-state index is 6.24. The SMILES string of the molecule is Clc1cccc(Oc2nc(-c3ccncc3)nc3ccccc23)c1Cl. The van der Waals surface area contributed by atoms with Crippen molar-refractivity contribution in [3.8, 4) is 23.0 Å². The molecule has 122 valence electrons. The molecule has 2 heterocycles. The van der Waals surface area contributed by atoms with E-state index < -0.39 is 0 Å². The molecule has 0 fully saturated rings. The zero-order valence-corrected chi connectivity index (χ0v) is 14.4. The van der Waals surface area contributed by atoms with Gasteiger partial charge in [-0.2, -0.15) is 4.98 Å². The number of fused-ring (bicyclic) bond motifs is 1. The molecular formula is C19H11Cl2N3O. The molecule has 2 aromatic heterocycles. The molecule has 6 heteroatoms. The molecule has 0 aliphatic heterocycles. The van der Waals surface area contributed by atoms with E-state index in [1.54, 1.807) is 30.6 Å². The molecule has 0 aliphatic rings. The van der Waals surface area contributed by atoms with Crippen molar-refractivity contribution in [2.24, 2.45) is 0 Å². The van der Waals surface area contributed by atoms with Gasteiger partial charge in [0.2, 0.25) is 5.88 Å². The Kier molecular flexibility index (Phi) is 4.22. The molecule has 2 aromatic carbocycles. The molecule has 0 bridgehead atoms. The van der Waals surface area contributed by atoms with E-state index in [9.17, 15) is 0 Å². The second-order valence-corrected chi connectivity index (χ2v) is 6.04. The molecule has 0 N–H and O–H groups in total. The predicted molar refractivity (Wildman–Crippen MR) is 99.3 cm³/mol. The molecule has 4 nitrogen and oxygen atoms in total. The van der Waals surface area contributed by atoms with Gasteiger partial charge in [0.05, 0.1) is 15.9 Å². The molecule has 0 saturated carbocycles. The van der Waals surface area contributed by atoms with Gasteiger partial charge in [-0.1, -0.05) is 41.4 Å². The number of nitrogens with zero attached hydrogens (tertiary/aromatic N) is 3. The van der Waals surface area contributed by atoms with Crippen molar-refractivity contribution < 1.29 is 4.74 Å². The topological polar surface area (TPSA) is 47.9 Å². The van der Waals surface area contributed by atoms with Gasteiger partial charge in [0.15, 0.2) is 5.82 Å². The molecule has 4 rings (SSSR count). The van der Waals surface area contributed by atoms with Crippen LogP contribution in [0, 0.1) is 0 Å². The van der Waals surface area contributed by atoms with Crippen LogP contribution in [0.25, 0.3) is 22.3 Å². The van der Waals surface area contributed by atoms with Crippen molar-refractivity contribution >= 4 is 34.1 Å². The molecule has 0 spiro atoms. The third-order valence-electron chi connectivity index (χ3n) is 3.63. The lowest BCUT2D eigenvalue weighted by Crippen LogP contribution is -1.96. The molecule has 0 atom stereocenters. The van der Waals surface area contributed by atoms with Gasteiger partial charge in [-0.05, 0) is 36.4 Å². The number of pyridine rings is 1. The quantitative estimate of drug-likeness (QED) is 0.459. The first-order valence-electron chi connectivity index (χ1n) is 7.51. The first-order valence-corrected chi connectivity index (χ1v) is 8.27. The highest BCUT2D eigenvalue weighted by Crippen LogP contribution is 2.36. The summed E-state index contributed by atoms with van der Waals surface area (Å²) in [6.45, 7) is 0. The lowest BCUT2D eigenvalue weighted by molar-refractivity contribution is 0.469. The first kappa shape index (κ1) is 15.8. The molecular weight excluding hydrogens is 357 g/mol. The van der Waals surface area contributed by atoms with Crippen LogP contribution in [0.4, 0.5) is 0 Å². The lowest BCUT2D eigenvalue weighted by atomic mass is 10.2. The van der Waals surface area contributed by atoms with Crippen molar-refractivity contribution in [2.75, 3.05) is 0 Å². The standard InChI is InChI=1S/C19H11Cl2N3O/c20-14-5-3-7-16(17(14)21)25-19-13-4-1-2-6-15(13)23-18(24-19)12-8-10-22-11-9-12/h1-11H. The largest absolute Gasteiger partial charge is 0.437 e. The monoisotopic (exact) mass is 367 g/mol. The Morgan fingerprint density at radius 2 is 1.60 bits per heavy atom. The zero-order chi connectivity index (χ0) is 17.2. The fourth-order valence-electron chi connectivity index (χ4n) is 2.42. The summed E-state index contributed by atoms with van der Waals surface area (Å²) in [6, 6.07) is 16.6. The van der Waals surface area contributed by atoms with Crippen molar-refractivity contribution in [1.29, 1.82) is 0 Å². The maximum Gasteiger partial charge on any atom is 0.230 e. The van der Waals surface area contributed by atoms with Crippen LogP contribution in [0.1, 0.15) is 0 Å². The minimum atomic E-state index is 0.345. The van der Waals surface area contributed by atoms with Gasteiger partial charge in [0, 0.05) is 18.0 Å². The average Bonchev–Trinajstić information content (AvgIpc) is 2.66. The van der Waals surface area contributed by atoms with Crippen LogP contribution < -0.4 is 4.74 Å². The highest BCUT2D eigenvalue weighted by Gasteiger charge is 2.13. The Morgan fingerprint density at radius 3 is 2.44 bits per heavy atom. The molecule has 0 amide bonds. The zero-order valence-electron chi connectivity index (χ0n) is 12.9. The third kappa shape index (κ3) is 3.14. The van der Waals surface area contributed by atoms with E-state index in [-0.39, 0.29) is 0 Å². The molecule has 25 heavy (non-hydrogen) atoms. The number of ether oxygens (including phenoxy) is 1. The normalized spacial score (nSPS) is 10.8. The highest BCUT2D eigenvalue weighted by atomic mass is 35.5. The van der Waals surface area contributed by atoms with Gasteiger partial charge in [0.25, 0.3) is 0 Å². The second kappa shape index (κ2) is 6.67. The predicted octanol–water partition coefficient (Wildman–Crippen LogP) is 5.79. The Bertz CT molecular complexity index is 1050. The number of hydrogen-bond acceptors (Lipinski definition) is 4. The van der Waals surface area contributed by atoms with E-state index in [4.69, 9.17) is 27.9 Å². The fourth-order valence-corrected chi connectivity index (χ4v) is 2.75. The summed E-state index contributed by atoms with van der Waals surface area (Å²) in [4.78, 5) is 13.2. The van der Waals surface area contributed by atoms with Gasteiger partial charge in [-0.25, -0.2) is 4.98 Å². The minimum absolute atomic E-state index is 0.345. The third-order valence-corrected chi connectivity index (χ3v) is 4.43. The van der Waals surface area contributed by atoms with Crippen molar-refractivity contribution in [1.82, 2.24) is 15.0 Å². The van der Waals surface area contributed by atoms with E-state index in [1.165, 1.54) is 0 Å². The first-order chi connectivity index (χ1) is 12.2. The summed E-state index contributed by atoms with van der Waals surface area (Å²) in [5.41, 5.74) is 1.63. The van der Waals surface area contributed by atoms with Gasteiger partial charge in [0.1, 0.15) is 10.8 Å². The van der Waals surface area contributed by atoms with Gasteiger partial charge in [-0.3, -0.25) is 4.98 Å². The number of para-hydroxylation sites is 1. The Hall–Kier alpha value is -2.69. The molecule has 0 unspecified atom stereocenters. The summed E-state index contributed by atoms with van der Waals surface area (Å²) in [5.74, 6) is 1.41. The smallest absolute Gasteiger partial charge is 0.230 e. The minimum Gasteiger partial charge on any atom is -0.437 e. The molecule has 0 radical (unpaired) electrons. The summed E-state index contributed by atoms with van der Waals surface area (Å²) < 4.78 is 5.98. The van der Waals surface area contributed by atoms with E-state index in [0.29, 0.717) is 27.5 Å². The van der Waals surface area contributed by atoms with E-state index in [0.717, 1.165) is 16.5 Å². The highest BCUT2D eigenvalue weighted by molar-refractivity contribution is 6.42. The van der Waals surface area contributed by atoms with Crippen LogP contribution >= 0.6 is 23.2 Å². The Labute approximate surface area is 154 Å². The van der Waals surface area contributed by atoms with Crippen molar-refractivity contribution in [2.45, 2.75) is 0 Å². The van der Waals surface area contributed by atoms with Gasteiger partial charge < -0.3 is 4.74 Å². The average molecular weight is 368 g/mol. The molecule has 0 saturated heterocycles. The van der Waals surface area contributed by atoms with Gasteiger partial charge >= 0.3 is 0 Å². The van der Waals surface area contributed by atoms with Crippen LogP contribution in [0.3, 0.4) is 0 Å². The van der Waals surface area contributed by atoms with Gasteiger partial charge in [-0.15, -0.1) is 0 Å². The number of rotatable bonds is 3. The number of benzene rings is 2. The summed E-state index contributed by atoms with van der Waals surface area (Å²) in [7, 11) is 0. The summed E-state index contributed by atoms with van der Waals surface area (Å²) in [6.07, 6.45) is 3.39. The summed E-state index contributed by atoms with van der Waals surface area (Å²) in [5, 5.41) is 1.56. The number of aromatic nitrogens is 3. The van der Waals surface area contributed by atoms with E-state index in [2.05, 4.69) is 15.0 Å². The summed E-state index contributed by atoms with van der Waals surface area (Å²) >= 11 is 12.3. The van der Waals surface area contributed by atoms with E-state index in [1.807, 2.05) is 36.4 Å². The van der Waals surface area contributed by atoms with E-state index >= 15 is 0 Å². The fraction of sp³-hybridized carbons (Fsp3) is 0. The second-order valence-electron chi connectivity index (χ2n) is 5.26. The Balaban J connectivity index is 1.88. The van der Waals surface area contributed by atoms with Crippen LogP contribution in [0.5, 0.6) is 11.6 Å². The van der Waals surface area contributed by atoms with Crippen LogP contribution in [0.15, 0.2) is 67.0 Å². The van der Waals surface area contributed by atoms with Crippen molar-refractivity contribution in [3.05, 3.63) is 77.0 Å². The lowest BCUT2D eigenvalue weighted by Gasteiger charge is -2.11. The molecule has 4 aromatic rings. The van der Waals surface area contributed by atoms with Crippen LogP contribution in [0.2, 0.25) is 10.0 Å². The molecule has 0 aliphatic carbocycles. The Morgan fingerprint density at radius 1 is 0.800 bits per heavy atom. The number of hydrogen-bond donors (Lipinski definition) is 0. The number of halogens is 2.